The van der Waals surface area contributed by atoms with E-state index >= 15 is 0 Å². The number of nitrogen functional groups attached to an aromatic ring is 1. The van der Waals surface area contributed by atoms with Gasteiger partial charge >= 0.3 is 5.97 Å². The Bertz CT molecular complexity index is 604. The third-order valence-corrected chi connectivity index (χ3v) is 2.68. The number of aromatic nitrogens is 2. The maximum absolute atomic E-state index is 11.1. The van der Waals surface area contributed by atoms with Gasteiger partial charge in [-0.25, -0.2) is 4.79 Å². The lowest BCUT2D eigenvalue weighted by molar-refractivity contribution is 0.0698. The van der Waals surface area contributed by atoms with E-state index in [9.17, 15) is 4.79 Å². The molecule has 1 aromatic heterocycles. The van der Waals surface area contributed by atoms with Gasteiger partial charge in [0.25, 0.3) is 0 Å². The summed E-state index contributed by atoms with van der Waals surface area (Å²) in [7, 11) is 0. The molecule has 0 saturated heterocycles. The largest absolute Gasteiger partial charge is 0.478 e. The minimum Gasteiger partial charge on any atom is -0.478 e. The molecule has 6 heteroatoms. The van der Waals surface area contributed by atoms with Crippen LogP contribution in [0.2, 0.25) is 0 Å². The van der Waals surface area contributed by atoms with Crippen LogP contribution in [0, 0.1) is 0 Å². The molecule has 0 saturated carbocycles. The van der Waals surface area contributed by atoms with Crippen LogP contribution in [0.4, 0.5) is 17.1 Å². The number of carboxylic acids is 1. The molecule has 0 amide bonds. The van der Waals surface area contributed by atoms with Crippen LogP contribution in [-0.4, -0.2) is 20.9 Å². The van der Waals surface area contributed by atoms with Crippen molar-refractivity contribution >= 4 is 23.0 Å². The average molecular weight is 260 g/mol. The van der Waals surface area contributed by atoms with Gasteiger partial charge < -0.3 is 16.2 Å². The number of aromatic carboxylic acids is 1. The van der Waals surface area contributed by atoms with Crippen molar-refractivity contribution in [3.63, 3.8) is 0 Å². The normalized spacial score (nSPS) is 10.7. The summed E-state index contributed by atoms with van der Waals surface area (Å²) >= 11 is 0. The Morgan fingerprint density at radius 1 is 1.47 bits per heavy atom. The highest BCUT2D eigenvalue weighted by Crippen LogP contribution is 2.24. The van der Waals surface area contributed by atoms with Crippen molar-refractivity contribution in [1.29, 1.82) is 0 Å². The zero-order valence-corrected chi connectivity index (χ0v) is 10.8. The molecule has 0 aliphatic heterocycles. The van der Waals surface area contributed by atoms with Crippen molar-refractivity contribution < 1.29 is 9.90 Å². The van der Waals surface area contributed by atoms with Gasteiger partial charge in [0, 0.05) is 17.9 Å². The summed E-state index contributed by atoms with van der Waals surface area (Å²) in [4.78, 5) is 11.1. The molecule has 100 valence electrons. The van der Waals surface area contributed by atoms with Gasteiger partial charge in [-0.1, -0.05) is 0 Å². The summed E-state index contributed by atoms with van der Waals surface area (Å²) in [6, 6.07) is 4.88. The van der Waals surface area contributed by atoms with Crippen LogP contribution in [-0.2, 0) is 0 Å². The van der Waals surface area contributed by atoms with Gasteiger partial charge in [-0.3, -0.25) is 4.68 Å². The Kier molecular flexibility index (Phi) is 3.41. The predicted molar refractivity (Wildman–Crippen MR) is 73.7 cm³/mol. The van der Waals surface area contributed by atoms with Gasteiger partial charge in [0.2, 0.25) is 0 Å². The van der Waals surface area contributed by atoms with Crippen LogP contribution in [0.3, 0.4) is 0 Å². The van der Waals surface area contributed by atoms with E-state index in [1.54, 1.807) is 23.0 Å². The van der Waals surface area contributed by atoms with E-state index in [-0.39, 0.29) is 11.6 Å². The van der Waals surface area contributed by atoms with E-state index in [1.807, 2.05) is 20.0 Å². The van der Waals surface area contributed by atoms with E-state index in [0.717, 1.165) is 5.69 Å². The highest BCUT2D eigenvalue weighted by Gasteiger charge is 2.11. The maximum atomic E-state index is 11.1. The third kappa shape index (κ3) is 2.85. The quantitative estimate of drug-likeness (QED) is 0.734. The molecule has 0 atom stereocenters. The fourth-order valence-corrected chi connectivity index (χ4v) is 1.69. The first-order valence-corrected chi connectivity index (χ1v) is 5.91. The number of hydrogen-bond donors (Lipinski definition) is 3. The maximum Gasteiger partial charge on any atom is 0.337 e. The van der Waals surface area contributed by atoms with Gasteiger partial charge in [-0.05, 0) is 32.0 Å². The highest BCUT2D eigenvalue weighted by molar-refractivity contribution is 5.96. The highest BCUT2D eigenvalue weighted by atomic mass is 16.4. The second-order valence-electron chi connectivity index (χ2n) is 4.54. The number of rotatable bonds is 4. The molecule has 0 radical (unpaired) electrons. The first kappa shape index (κ1) is 12.9. The third-order valence-electron chi connectivity index (χ3n) is 2.68. The first-order valence-electron chi connectivity index (χ1n) is 5.91. The van der Waals surface area contributed by atoms with E-state index in [1.165, 1.54) is 6.07 Å². The topological polar surface area (TPSA) is 93.2 Å². The molecule has 19 heavy (non-hydrogen) atoms. The minimum atomic E-state index is -1.00. The molecule has 0 bridgehead atoms. The van der Waals surface area contributed by atoms with Crippen LogP contribution in [0.15, 0.2) is 30.6 Å². The molecule has 2 aromatic rings. The standard InChI is InChI=1S/C13H16N4O2/c1-8(2)17-7-10(6-15-17)16-12-5-9(14)3-4-11(12)13(18)19/h3-8,16H,14H2,1-2H3,(H,18,19). The SMILES string of the molecule is CC(C)n1cc(Nc2cc(N)ccc2C(=O)O)cn1. The average Bonchev–Trinajstić information content (AvgIpc) is 2.77. The lowest BCUT2D eigenvalue weighted by Gasteiger charge is -2.09. The molecule has 0 aliphatic carbocycles. The summed E-state index contributed by atoms with van der Waals surface area (Å²) in [6.07, 6.45) is 3.47. The second kappa shape index (κ2) is 5.01. The number of carbonyl (C=O) groups is 1. The van der Waals surface area contributed by atoms with Crippen molar-refractivity contribution in [2.45, 2.75) is 19.9 Å². The summed E-state index contributed by atoms with van der Waals surface area (Å²) in [5, 5.41) is 16.3. The molecule has 0 unspecified atom stereocenters. The Labute approximate surface area is 110 Å². The summed E-state index contributed by atoms with van der Waals surface area (Å²) in [5.74, 6) is -1.00. The molecule has 0 aliphatic rings. The molecule has 1 heterocycles. The van der Waals surface area contributed by atoms with Crippen molar-refractivity contribution in [1.82, 2.24) is 9.78 Å². The molecule has 0 fully saturated rings. The minimum absolute atomic E-state index is 0.173. The van der Waals surface area contributed by atoms with E-state index in [0.29, 0.717) is 11.4 Å². The Hall–Kier alpha value is -2.50. The number of hydrogen-bond acceptors (Lipinski definition) is 4. The monoisotopic (exact) mass is 260 g/mol. The fourth-order valence-electron chi connectivity index (χ4n) is 1.69. The van der Waals surface area contributed by atoms with Crippen molar-refractivity contribution in [2.75, 3.05) is 11.1 Å². The predicted octanol–water partition coefficient (Wildman–Crippen LogP) is 2.49. The van der Waals surface area contributed by atoms with Crippen molar-refractivity contribution in [3.8, 4) is 0 Å². The number of nitrogens with two attached hydrogens (primary N) is 1. The zero-order valence-electron chi connectivity index (χ0n) is 10.8. The van der Waals surface area contributed by atoms with Crippen molar-refractivity contribution in [2.24, 2.45) is 0 Å². The number of nitrogens with one attached hydrogen (secondary N) is 1. The number of carboxylic acid groups (broad SMARTS) is 1. The number of anilines is 3. The van der Waals surface area contributed by atoms with Gasteiger partial charge in [-0.15, -0.1) is 0 Å². The van der Waals surface area contributed by atoms with Gasteiger partial charge in [0.15, 0.2) is 0 Å². The molecule has 0 spiro atoms. The smallest absolute Gasteiger partial charge is 0.337 e. The van der Waals surface area contributed by atoms with E-state index in [2.05, 4.69) is 10.4 Å². The Morgan fingerprint density at radius 3 is 2.79 bits per heavy atom. The molecule has 2 rings (SSSR count). The lowest BCUT2D eigenvalue weighted by Crippen LogP contribution is -2.03. The molecule has 4 N–H and O–H groups in total. The fraction of sp³-hybridized carbons (Fsp3) is 0.231. The molecule has 6 nitrogen and oxygen atoms in total. The van der Waals surface area contributed by atoms with Crippen LogP contribution in [0.5, 0.6) is 0 Å². The van der Waals surface area contributed by atoms with E-state index in [4.69, 9.17) is 10.8 Å². The summed E-state index contributed by atoms with van der Waals surface area (Å²) in [5.41, 5.74) is 7.54. The first-order chi connectivity index (χ1) is 8.97. The van der Waals surface area contributed by atoms with Crippen molar-refractivity contribution in [3.05, 3.63) is 36.2 Å². The Morgan fingerprint density at radius 2 is 2.21 bits per heavy atom. The summed E-state index contributed by atoms with van der Waals surface area (Å²) in [6.45, 7) is 4.03. The van der Waals surface area contributed by atoms with Gasteiger partial charge in [0.05, 0.1) is 23.1 Å². The lowest BCUT2D eigenvalue weighted by atomic mass is 10.1. The Balaban J connectivity index is 2.31. The molecular formula is C13H16N4O2. The second-order valence-corrected chi connectivity index (χ2v) is 4.54. The zero-order chi connectivity index (χ0) is 14.0. The van der Waals surface area contributed by atoms with Crippen LogP contribution < -0.4 is 11.1 Å². The number of nitrogens with zero attached hydrogens (tertiary/aromatic N) is 2. The van der Waals surface area contributed by atoms with Crippen LogP contribution >= 0.6 is 0 Å². The molecular weight excluding hydrogens is 244 g/mol. The van der Waals surface area contributed by atoms with Gasteiger partial charge in [-0.2, -0.15) is 5.10 Å². The van der Waals surface area contributed by atoms with E-state index < -0.39 is 5.97 Å². The number of benzene rings is 1. The summed E-state index contributed by atoms with van der Waals surface area (Å²) < 4.78 is 1.79. The van der Waals surface area contributed by atoms with Crippen LogP contribution in [0.25, 0.3) is 0 Å². The molecule has 1 aromatic carbocycles. The van der Waals surface area contributed by atoms with Gasteiger partial charge in [0.1, 0.15) is 0 Å². The van der Waals surface area contributed by atoms with Crippen LogP contribution in [0.1, 0.15) is 30.2 Å².